The molecule has 0 bridgehead atoms. The minimum atomic E-state index is -1.07. The largest absolute Gasteiger partial charge is 0.480 e. The Labute approximate surface area is 204 Å². The van der Waals surface area contributed by atoms with E-state index in [2.05, 4.69) is 29.6 Å². The third-order valence-electron chi connectivity index (χ3n) is 6.81. The van der Waals surface area contributed by atoms with Crippen molar-refractivity contribution >= 4 is 18.0 Å². The van der Waals surface area contributed by atoms with Gasteiger partial charge in [-0.05, 0) is 35.1 Å². The molecule has 2 aromatic carbocycles. The first-order valence-electron chi connectivity index (χ1n) is 12.2. The van der Waals surface area contributed by atoms with E-state index in [1.54, 1.807) is 0 Å². The van der Waals surface area contributed by atoms with E-state index in [0.717, 1.165) is 19.3 Å². The summed E-state index contributed by atoms with van der Waals surface area (Å²) in [4.78, 5) is 37.0. The number of unbranched alkanes of at least 4 members (excludes halogenated alkanes) is 3. The number of carboxylic acids is 1. The van der Waals surface area contributed by atoms with Gasteiger partial charge in [0.1, 0.15) is 12.6 Å². The third-order valence-corrected chi connectivity index (χ3v) is 6.81. The molecule has 1 fully saturated rings. The molecule has 1 aliphatic heterocycles. The van der Waals surface area contributed by atoms with Crippen molar-refractivity contribution in [2.75, 3.05) is 19.7 Å². The molecule has 0 aromatic heterocycles. The lowest BCUT2D eigenvalue weighted by atomic mass is 9.98. The van der Waals surface area contributed by atoms with Crippen LogP contribution >= 0.6 is 0 Å². The highest BCUT2D eigenvalue weighted by atomic mass is 16.5. The number of aliphatic hydroxyl groups is 1. The SMILES string of the molecule is O=C(NCCCCCCC(=O)N1C[C@H](O)C[C@H]1C(=O)O)OCC1c2ccccc2-c2ccccc21. The van der Waals surface area contributed by atoms with E-state index >= 15 is 0 Å². The number of benzene rings is 2. The molecule has 0 unspecified atom stereocenters. The number of carbonyl (C=O) groups excluding carboxylic acids is 2. The number of hydrogen-bond donors (Lipinski definition) is 3. The molecule has 35 heavy (non-hydrogen) atoms. The fourth-order valence-corrected chi connectivity index (χ4v) is 5.06. The smallest absolute Gasteiger partial charge is 0.407 e. The van der Waals surface area contributed by atoms with Crippen LogP contribution in [0.2, 0.25) is 0 Å². The van der Waals surface area contributed by atoms with E-state index in [1.807, 2.05) is 24.3 Å². The van der Waals surface area contributed by atoms with Crippen LogP contribution in [0.3, 0.4) is 0 Å². The number of β-amino-alcohol motifs (C(OH)–C–C–N with tert-alkyl or cyclic N) is 1. The normalized spacial score (nSPS) is 18.7. The summed E-state index contributed by atoms with van der Waals surface area (Å²) in [7, 11) is 0. The molecular weight excluding hydrogens is 448 g/mol. The lowest BCUT2D eigenvalue weighted by Gasteiger charge is -2.21. The van der Waals surface area contributed by atoms with Crippen LogP contribution in [0.15, 0.2) is 48.5 Å². The topological polar surface area (TPSA) is 116 Å². The van der Waals surface area contributed by atoms with Gasteiger partial charge < -0.3 is 25.2 Å². The van der Waals surface area contributed by atoms with E-state index in [1.165, 1.54) is 27.2 Å². The van der Waals surface area contributed by atoms with Gasteiger partial charge in [0.05, 0.1) is 6.10 Å². The van der Waals surface area contributed by atoms with Crippen LogP contribution in [-0.4, -0.2) is 64.9 Å². The lowest BCUT2D eigenvalue weighted by Crippen LogP contribution is -2.40. The van der Waals surface area contributed by atoms with E-state index in [0.29, 0.717) is 13.0 Å². The van der Waals surface area contributed by atoms with Gasteiger partial charge in [-0.15, -0.1) is 0 Å². The molecule has 8 nitrogen and oxygen atoms in total. The summed E-state index contributed by atoms with van der Waals surface area (Å²) in [5.74, 6) is -1.27. The summed E-state index contributed by atoms with van der Waals surface area (Å²) in [6.07, 6.45) is 2.17. The number of carboxylic acid groups (broad SMARTS) is 1. The molecule has 4 rings (SSSR count). The summed E-state index contributed by atoms with van der Waals surface area (Å²) in [5, 5.41) is 21.7. The first-order valence-corrected chi connectivity index (χ1v) is 12.2. The number of alkyl carbamates (subject to hydrolysis) is 1. The first-order chi connectivity index (χ1) is 17.0. The maximum atomic E-state index is 12.3. The number of rotatable bonds is 10. The fraction of sp³-hybridized carbons (Fsp3) is 0.444. The number of ether oxygens (including phenoxy) is 1. The molecule has 1 aliphatic carbocycles. The van der Waals surface area contributed by atoms with Gasteiger partial charge in [0.15, 0.2) is 0 Å². The zero-order valence-electron chi connectivity index (χ0n) is 19.7. The Morgan fingerprint density at radius 1 is 0.943 bits per heavy atom. The van der Waals surface area contributed by atoms with E-state index < -0.39 is 24.2 Å². The van der Waals surface area contributed by atoms with Crippen molar-refractivity contribution in [3.05, 3.63) is 59.7 Å². The molecule has 0 radical (unpaired) electrons. The van der Waals surface area contributed by atoms with Crippen LogP contribution in [0.25, 0.3) is 11.1 Å². The maximum absolute atomic E-state index is 12.3. The summed E-state index contributed by atoms with van der Waals surface area (Å²) in [5.41, 5.74) is 4.73. The lowest BCUT2D eigenvalue weighted by molar-refractivity contribution is -0.148. The second-order valence-electron chi connectivity index (χ2n) is 9.21. The Bertz CT molecular complexity index is 1030. The molecule has 2 amide bonds. The number of likely N-dealkylation sites (tertiary alicyclic amines) is 1. The first kappa shape index (κ1) is 24.7. The molecule has 0 spiro atoms. The number of nitrogens with zero attached hydrogens (tertiary/aromatic N) is 1. The Kier molecular flexibility index (Phi) is 8.02. The van der Waals surface area contributed by atoms with E-state index in [9.17, 15) is 24.6 Å². The molecular formula is C27H32N2O6. The average molecular weight is 481 g/mol. The summed E-state index contributed by atoms with van der Waals surface area (Å²) < 4.78 is 5.53. The van der Waals surface area contributed by atoms with Crippen LogP contribution in [0.5, 0.6) is 0 Å². The highest BCUT2D eigenvalue weighted by Gasteiger charge is 2.38. The van der Waals surface area contributed by atoms with Crippen LogP contribution < -0.4 is 5.32 Å². The van der Waals surface area contributed by atoms with E-state index in [4.69, 9.17) is 4.74 Å². The van der Waals surface area contributed by atoms with Gasteiger partial charge in [-0.3, -0.25) is 4.79 Å². The molecule has 1 heterocycles. The fourth-order valence-electron chi connectivity index (χ4n) is 5.06. The second kappa shape index (κ2) is 11.4. The summed E-state index contributed by atoms with van der Waals surface area (Å²) >= 11 is 0. The monoisotopic (exact) mass is 480 g/mol. The van der Waals surface area contributed by atoms with Crippen LogP contribution in [0.1, 0.15) is 55.6 Å². The van der Waals surface area contributed by atoms with Crippen molar-refractivity contribution in [1.29, 1.82) is 0 Å². The quantitative estimate of drug-likeness (QED) is 0.448. The number of nitrogens with one attached hydrogen (secondary N) is 1. The van der Waals surface area contributed by atoms with Gasteiger partial charge in [-0.1, -0.05) is 61.4 Å². The van der Waals surface area contributed by atoms with Crippen molar-refractivity contribution < 1.29 is 29.3 Å². The van der Waals surface area contributed by atoms with Gasteiger partial charge in [0.25, 0.3) is 0 Å². The van der Waals surface area contributed by atoms with Crippen molar-refractivity contribution in [1.82, 2.24) is 10.2 Å². The predicted molar refractivity (Wildman–Crippen MR) is 130 cm³/mol. The molecule has 3 N–H and O–H groups in total. The third kappa shape index (κ3) is 5.82. The van der Waals surface area contributed by atoms with Gasteiger partial charge in [0.2, 0.25) is 5.91 Å². The number of carbonyl (C=O) groups is 3. The minimum Gasteiger partial charge on any atom is -0.480 e. The molecule has 8 heteroatoms. The van der Waals surface area contributed by atoms with Crippen LogP contribution in [0, 0.1) is 0 Å². The number of fused-ring (bicyclic) bond motifs is 3. The number of amides is 2. The van der Waals surface area contributed by atoms with Crippen LogP contribution in [0.4, 0.5) is 4.79 Å². The molecule has 2 atom stereocenters. The van der Waals surface area contributed by atoms with Gasteiger partial charge >= 0.3 is 12.1 Å². The van der Waals surface area contributed by atoms with Gasteiger partial charge in [0, 0.05) is 31.8 Å². The Hall–Kier alpha value is -3.39. The number of aliphatic carboxylic acids is 1. The highest BCUT2D eigenvalue weighted by molar-refractivity contribution is 5.84. The number of aliphatic hydroxyl groups excluding tert-OH is 1. The second-order valence-corrected chi connectivity index (χ2v) is 9.21. The minimum absolute atomic E-state index is 0.0307. The molecule has 2 aromatic rings. The zero-order chi connectivity index (χ0) is 24.8. The zero-order valence-corrected chi connectivity index (χ0v) is 19.7. The van der Waals surface area contributed by atoms with Crippen molar-refractivity contribution in [3.8, 4) is 11.1 Å². The maximum Gasteiger partial charge on any atom is 0.407 e. The summed E-state index contributed by atoms with van der Waals surface area (Å²) in [6, 6.07) is 15.5. The standard InChI is InChI=1S/C27H32N2O6/c30-18-15-24(26(32)33)29(16-18)25(31)13-3-1-2-8-14-28-27(34)35-17-23-21-11-6-4-9-19(21)20-10-5-7-12-22(20)23/h4-7,9-12,18,23-24,30H,1-3,8,13-17H2,(H,28,34)(H,32,33)/t18-,24+/m1/s1. The van der Waals surface area contributed by atoms with Crippen molar-refractivity contribution in [2.24, 2.45) is 0 Å². The van der Waals surface area contributed by atoms with Crippen molar-refractivity contribution in [2.45, 2.75) is 56.6 Å². The van der Waals surface area contributed by atoms with Gasteiger partial charge in [-0.25, -0.2) is 9.59 Å². The highest BCUT2D eigenvalue weighted by Crippen LogP contribution is 2.44. The molecule has 1 saturated heterocycles. The average Bonchev–Trinajstić information content (AvgIpc) is 3.40. The van der Waals surface area contributed by atoms with Gasteiger partial charge in [-0.2, -0.15) is 0 Å². The molecule has 2 aliphatic rings. The Morgan fingerprint density at radius 3 is 2.23 bits per heavy atom. The van der Waals surface area contributed by atoms with Crippen LogP contribution in [-0.2, 0) is 14.3 Å². The summed E-state index contributed by atoms with van der Waals surface area (Å²) in [6.45, 7) is 0.856. The molecule has 0 saturated carbocycles. The molecule has 186 valence electrons. The van der Waals surface area contributed by atoms with Crippen molar-refractivity contribution in [3.63, 3.8) is 0 Å². The predicted octanol–water partition coefficient (Wildman–Crippen LogP) is 3.52. The Morgan fingerprint density at radius 2 is 1.57 bits per heavy atom. The Balaban J connectivity index is 1.11. The van der Waals surface area contributed by atoms with E-state index in [-0.39, 0.29) is 37.8 Å². The number of hydrogen-bond acceptors (Lipinski definition) is 5.